The SMILES string of the molecule is CC(=O)N1CC(C)(C)c2cc(S(=O)(=O)Nc3c(C)cc(C)cc3C)ccc21. The molecule has 0 spiro atoms. The van der Waals surface area contributed by atoms with Crippen LogP contribution >= 0.6 is 0 Å². The molecule has 0 radical (unpaired) electrons. The van der Waals surface area contributed by atoms with Crippen molar-refractivity contribution >= 4 is 27.3 Å². The number of carbonyl (C=O) groups is 1. The topological polar surface area (TPSA) is 66.5 Å². The van der Waals surface area contributed by atoms with Gasteiger partial charge in [0.05, 0.1) is 10.6 Å². The first-order valence-electron chi connectivity index (χ1n) is 8.96. The maximum Gasteiger partial charge on any atom is 0.261 e. The number of nitrogens with zero attached hydrogens (tertiary/aromatic N) is 1. The van der Waals surface area contributed by atoms with E-state index in [-0.39, 0.29) is 16.2 Å². The van der Waals surface area contributed by atoms with Crippen LogP contribution < -0.4 is 9.62 Å². The molecule has 0 unspecified atom stereocenters. The third-order valence-corrected chi connectivity index (χ3v) is 6.49. The lowest BCUT2D eigenvalue weighted by atomic mass is 9.87. The van der Waals surface area contributed by atoms with Crippen LogP contribution in [0.15, 0.2) is 35.2 Å². The van der Waals surface area contributed by atoms with Crippen LogP contribution in [0.2, 0.25) is 0 Å². The van der Waals surface area contributed by atoms with Crippen LogP contribution in [0.3, 0.4) is 0 Å². The zero-order chi connectivity index (χ0) is 20.1. The van der Waals surface area contributed by atoms with E-state index < -0.39 is 10.0 Å². The van der Waals surface area contributed by atoms with E-state index in [1.165, 1.54) is 6.92 Å². The lowest BCUT2D eigenvalue weighted by molar-refractivity contribution is -0.116. The van der Waals surface area contributed by atoms with Gasteiger partial charge in [0.25, 0.3) is 10.0 Å². The maximum absolute atomic E-state index is 13.0. The number of benzene rings is 2. The lowest BCUT2D eigenvalue weighted by Gasteiger charge is -2.19. The average molecular weight is 387 g/mol. The van der Waals surface area contributed by atoms with Crippen LogP contribution in [-0.2, 0) is 20.2 Å². The minimum atomic E-state index is -3.73. The van der Waals surface area contributed by atoms with Gasteiger partial charge in [-0.05, 0) is 55.7 Å². The molecule has 0 fully saturated rings. The predicted octanol–water partition coefficient (Wildman–Crippen LogP) is 4.06. The Balaban J connectivity index is 2.04. The molecule has 3 rings (SSSR count). The maximum atomic E-state index is 13.0. The van der Waals surface area contributed by atoms with Crippen LogP contribution in [0, 0.1) is 20.8 Å². The summed E-state index contributed by atoms with van der Waals surface area (Å²) in [6, 6.07) is 8.91. The van der Waals surface area contributed by atoms with Gasteiger partial charge in [0.15, 0.2) is 0 Å². The highest BCUT2D eigenvalue weighted by atomic mass is 32.2. The number of nitrogens with one attached hydrogen (secondary N) is 1. The molecule has 144 valence electrons. The molecule has 2 aromatic carbocycles. The van der Waals surface area contributed by atoms with Gasteiger partial charge in [-0.2, -0.15) is 0 Å². The van der Waals surface area contributed by atoms with E-state index in [2.05, 4.69) is 4.72 Å². The van der Waals surface area contributed by atoms with Gasteiger partial charge in [-0.3, -0.25) is 9.52 Å². The van der Waals surface area contributed by atoms with E-state index >= 15 is 0 Å². The Bertz CT molecular complexity index is 1020. The summed E-state index contributed by atoms with van der Waals surface area (Å²) < 4.78 is 28.8. The Kier molecular flexibility index (Phi) is 4.58. The van der Waals surface area contributed by atoms with Gasteiger partial charge in [-0.15, -0.1) is 0 Å². The van der Waals surface area contributed by atoms with Crippen LogP contribution in [0.5, 0.6) is 0 Å². The number of anilines is 2. The van der Waals surface area contributed by atoms with E-state index in [0.29, 0.717) is 12.2 Å². The number of amides is 1. The summed E-state index contributed by atoms with van der Waals surface area (Å²) in [6.45, 7) is 11.9. The number of hydrogen-bond acceptors (Lipinski definition) is 3. The summed E-state index contributed by atoms with van der Waals surface area (Å²) in [5.74, 6) is -0.0403. The Morgan fingerprint density at radius 1 is 1.07 bits per heavy atom. The van der Waals surface area contributed by atoms with Gasteiger partial charge >= 0.3 is 0 Å². The van der Waals surface area contributed by atoms with Crippen LogP contribution in [0.1, 0.15) is 43.0 Å². The molecule has 27 heavy (non-hydrogen) atoms. The minimum Gasteiger partial charge on any atom is -0.311 e. The number of fused-ring (bicyclic) bond motifs is 1. The molecule has 1 aliphatic rings. The third-order valence-electron chi connectivity index (χ3n) is 5.15. The smallest absolute Gasteiger partial charge is 0.261 e. The highest BCUT2D eigenvalue weighted by Crippen LogP contribution is 2.41. The average Bonchev–Trinajstić information content (AvgIpc) is 2.82. The number of rotatable bonds is 3. The molecule has 1 N–H and O–H groups in total. The second-order valence-corrected chi connectivity index (χ2v) is 9.73. The normalized spacial score (nSPS) is 15.6. The van der Waals surface area contributed by atoms with E-state index in [4.69, 9.17) is 0 Å². The molecular weight excluding hydrogens is 360 g/mol. The zero-order valence-corrected chi connectivity index (χ0v) is 17.5. The number of sulfonamides is 1. The Morgan fingerprint density at radius 3 is 2.22 bits per heavy atom. The van der Waals surface area contributed by atoms with Crippen molar-refractivity contribution in [2.24, 2.45) is 0 Å². The molecule has 1 amide bonds. The van der Waals surface area contributed by atoms with Crippen molar-refractivity contribution in [2.45, 2.75) is 51.9 Å². The Morgan fingerprint density at radius 2 is 1.67 bits per heavy atom. The fourth-order valence-corrected chi connectivity index (χ4v) is 5.07. The van der Waals surface area contributed by atoms with E-state index in [1.807, 2.05) is 46.8 Å². The molecule has 0 aliphatic carbocycles. The van der Waals surface area contributed by atoms with Crippen molar-refractivity contribution in [2.75, 3.05) is 16.2 Å². The van der Waals surface area contributed by atoms with Crippen molar-refractivity contribution in [3.05, 3.63) is 52.6 Å². The molecule has 0 saturated heterocycles. The predicted molar refractivity (Wildman–Crippen MR) is 109 cm³/mol. The summed E-state index contributed by atoms with van der Waals surface area (Å²) in [6.07, 6.45) is 0. The standard InChI is InChI=1S/C21H26N2O3S/c1-13-9-14(2)20(15(3)10-13)22-27(25,26)17-7-8-19-18(11-17)21(5,6)12-23(19)16(4)24/h7-11,22H,12H2,1-6H3. The summed E-state index contributed by atoms with van der Waals surface area (Å²) in [4.78, 5) is 13.8. The molecule has 2 aromatic rings. The van der Waals surface area contributed by atoms with Crippen molar-refractivity contribution in [3.8, 4) is 0 Å². The molecule has 0 saturated carbocycles. The van der Waals surface area contributed by atoms with Gasteiger partial charge in [0.1, 0.15) is 0 Å². The zero-order valence-electron chi connectivity index (χ0n) is 16.7. The van der Waals surface area contributed by atoms with Crippen LogP contribution in [-0.4, -0.2) is 20.9 Å². The summed E-state index contributed by atoms with van der Waals surface area (Å²) in [5, 5.41) is 0. The molecule has 0 aromatic heterocycles. The fourth-order valence-electron chi connectivity index (χ4n) is 3.84. The largest absolute Gasteiger partial charge is 0.311 e. The van der Waals surface area contributed by atoms with Crippen molar-refractivity contribution in [3.63, 3.8) is 0 Å². The molecule has 6 heteroatoms. The summed E-state index contributed by atoms with van der Waals surface area (Å²) in [5.41, 5.74) is 4.84. The van der Waals surface area contributed by atoms with Crippen molar-refractivity contribution in [1.82, 2.24) is 0 Å². The second kappa shape index (κ2) is 6.37. The number of carbonyl (C=O) groups excluding carboxylic acids is 1. The second-order valence-electron chi connectivity index (χ2n) is 8.05. The fraction of sp³-hybridized carbons (Fsp3) is 0.381. The first kappa shape index (κ1) is 19.4. The molecular formula is C21H26N2O3S. The summed E-state index contributed by atoms with van der Waals surface area (Å²) >= 11 is 0. The first-order valence-corrected chi connectivity index (χ1v) is 10.4. The Labute approximate surface area is 161 Å². The number of aryl methyl sites for hydroxylation is 3. The minimum absolute atomic E-state index is 0.0403. The van der Waals surface area contributed by atoms with Gasteiger partial charge in [0.2, 0.25) is 5.91 Å². The van der Waals surface area contributed by atoms with E-state index in [9.17, 15) is 13.2 Å². The van der Waals surface area contributed by atoms with Crippen molar-refractivity contribution < 1.29 is 13.2 Å². The summed E-state index contributed by atoms with van der Waals surface area (Å²) in [7, 11) is -3.73. The molecule has 0 bridgehead atoms. The van der Waals surface area contributed by atoms with Gasteiger partial charge in [0, 0.05) is 24.6 Å². The van der Waals surface area contributed by atoms with E-state index in [1.54, 1.807) is 23.1 Å². The lowest BCUT2D eigenvalue weighted by Crippen LogP contribution is -2.31. The quantitative estimate of drug-likeness (QED) is 0.865. The van der Waals surface area contributed by atoms with Crippen molar-refractivity contribution in [1.29, 1.82) is 0 Å². The molecule has 1 aliphatic heterocycles. The monoisotopic (exact) mass is 386 g/mol. The van der Waals surface area contributed by atoms with E-state index in [0.717, 1.165) is 27.9 Å². The number of hydrogen-bond donors (Lipinski definition) is 1. The Hall–Kier alpha value is -2.34. The highest BCUT2D eigenvalue weighted by molar-refractivity contribution is 7.92. The third kappa shape index (κ3) is 3.46. The van der Waals surface area contributed by atoms with Gasteiger partial charge < -0.3 is 4.90 Å². The van der Waals surface area contributed by atoms with Gasteiger partial charge in [-0.25, -0.2) is 8.42 Å². The molecule has 0 atom stereocenters. The first-order chi connectivity index (χ1) is 12.4. The van der Waals surface area contributed by atoms with Gasteiger partial charge in [-0.1, -0.05) is 31.5 Å². The molecule has 5 nitrogen and oxygen atoms in total. The molecule has 1 heterocycles. The van der Waals surface area contributed by atoms with Crippen LogP contribution in [0.25, 0.3) is 0 Å². The van der Waals surface area contributed by atoms with Crippen LogP contribution in [0.4, 0.5) is 11.4 Å². The highest BCUT2D eigenvalue weighted by Gasteiger charge is 2.37.